The molecule has 0 unspecified atom stereocenters. The minimum Gasteiger partial charge on any atom is -0.356 e. The number of carbonyl (C=O) groups excluding carboxylic acids is 1. The zero-order valence-electron chi connectivity index (χ0n) is 20.3. The lowest BCUT2D eigenvalue weighted by atomic mass is 10.00. The van der Waals surface area contributed by atoms with Crippen LogP contribution in [0.5, 0.6) is 0 Å². The molecule has 0 fully saturated rings. The summed E-state index contributed by atoms with van der Waals surface area (Å²) in [5.41, 5.74) is 8.08. The first-order valence-electron chi connectivity index (χ1n) is 12.7. The number of carbonyl (C=O) groups is 1. The molecule has 1 amide bonds. The number of unbranched alkanes of at least 4 members (excludes halogenated alkanes) is 4. The molecule has 2 aromatic heterocycles. The summed E-state index contributed by atoms with van der Waals surface area (Å²) in [6, 6.07) is 21.1. The van der Waals surface area contributed by atoms with E-state index >= 15 is 0 Å². The van der Waals surface area contributed by atoms with Gasteiger partial charge in [0.05, 0.1) is 17.0 Å². The summed E-state index contributed by atoms with van der Waals surface area (Å²) in [6.07, 6.45) is 10.3. The Morgan fingerprint density at radius 3 is 2.31 bits per heavy atom. The third kappa shape index (κ3) is 5.35. The van der Waals surface area contributed by atoms with Crippen molar-refractivity contribution in [1.29, 1.82) is 0 Å². The molecule has 35 heavy (non-hydrogen) atoms. The number of aromatic amines is 1. The smallest absolute Gasteiger partial charge is 0.253 e. The number of aryl methyl sites for hydroxylation is 1. The molecule has 1 aliphatic rings. The molecule has 5 heteroatoms. The van der Waals surface area contributed by atoms with Gasteiger partial charge < -0.3 is 10.3 Å². The van der Waals surface area contributed by atoms with Crippen molar-refractivity contribution < 1.29 is 4.79 Å². The van der Waals surface area contributed by atoms with Crippen LogP contribution in [0.2, 0.25) is 0 Å². The van der Waals surface area contributed by atoms with Crippen molar-refractivity contribution in [3.05, 3.63) is 83.7 Å². The van der Waals surface area contributed by atoms with Crippen LogP contribution in [0.1, 0.15) is 60.6 Å². The summed E-state index contributed by atoms with van der Waals surface area (Å²) in [7, 11) is 0. The number of fused-ring (bicyclic) bond motifs is 1. The summed E-state index contributed by atoms with van der Waals surface area (Å²) < 4.78 is 0. The van der Waals surface area contributed by atoms with Crippen LogP contribution >= 0.6 is 0 Å². The Morgan fingerprint density at radius 2 is 1.57 bits per heavy atom. The second kappa shape index (κ2) is 10.7. The number of H-pyrrole nitrogens is 1. The second-order valence-electron chi connectivity index (χ2n) is 9.29. The van der Waals surface area contributed by atoms with E-state index in [4.69, 9.17) is 4.98 Å². The molecule has 5 nitrogen and oxygen atoms in total. The molecule has 0 spiro atoms. The highest BCUT2D eigenvalue weighted by Crippen LogP contribution is 2.27. The molecule has 0 saturated heterocycles. The van der Waals surface area contributed by atoms with Crippen molar-refractivity contribution in [3.8, 4) is 33.9 Å². The van der Waals surface area contributed by atoms with E-state index < -0.39 is 0 Å². The van der Waals surface area contributed by atoms with E-state index in [2.05, 4.69) is 70.7 Å². The quantitative estimate of drug-likeness (QED) is 0.274. The van der Waals surface area contributed by atoms with Crippen molar-refractivity contribution in [2.24, 2.45) is 0 Å². The second-order valence-corrected chi connectivity index (χ2v) is 9.29. The summed E-state index contributed by atoms with van der Waals surface area (Å²) in [5.74, 6) is 0.642. The van der Waals surface area contributed by atoms with E-state index in [0.717, 1.165) is 35.5 Å². The van der Waals surface area contributed by atoms with Crippen LogP contribution in [0, 0.1) is 0 Å². The molecule has 0 bridgehead atoms. The third-order valence-electron chi connectivity index (χ3n) is 6.74. The minimum absolute atomic E-state index is 0.0291. The highest BCUT2D eigenvalue weighted by atomic mass is 16.1. The number of nitrogens with zero attached hydrogens (tertiary/aromatic N) is 2. The van der Waals surface area contributed by atoms with Crippen molar-refractivity contribution >= 4 is 5.91 Å². The van der Waals surface area contributed by atoms with E-state index in [1.165, 1.54) is 48.8 Å². The Morgan fingerprint density at radius 1 is 0.857 bits per heavy atom. The van der Waals surface area contributed by atoms with Gasteiger partial charge in [-0.25, -0.2) is 9.97 Å². The van der Waals surface area contributed by atoms with Crippen LogP contribution in [0.3, 0.4) is 0 Å². The highest BCUT2D eigenvalue weighted by molar-refractivity contribution is 5.97. The largest absolute Gasteiger partial charge is 0.356 e. The van der Waals surface area contributed by atoms with Crippen LogP contribution in [0.25, 0.3) is 33.9 Å². The monoisotopic (exact) mass is 464 g/mol. The highest BCUT2D eigenvalue weighted by Gasteiger charge is 2.20. The van der Waals surface area contributed by atoms with Gasteiger partial charge in [-0.1, -0.05) is 81.1 Å². The number of aromatic nitrogens is 3. The molecule has 0 aliphatic carbocycles. The summed E-state index contributed by atoms with van der Waals surface area (Å²) >= 11 is 0. The zero-order chi connectivity index (χ0) is 24.0. The van der Waals surface area contributed by atoms with Gasteiger partial charge in [0.2, 0.25) is 0 Å². The minimum atomic E-state index is -0.0291. The summed E-state index contributed by atoms with van der Waals surface area (Å²) in [5, 5.41) is 2.89. The summed E-state index contributed by atoms with van der Waals surface area (Å²) in [4.78, 5) is 24.7. The van der Waals surface area contributed by atoms with Gasteiger partial charge in [-0.05, 0) is 41.7 Å². The van der Waals surface area contributed by atoms with Gasteiger partial charge in [0.25, 0.3) is 5.91 Å². The molecule has 5 rings (SSSR count). The third-order valence-corrected chi connectivity index (χ3v) is 6.74. The van der Waals surface area contributed by atoms with E-state index in [0.29, 0.717) is 17.9 Å². The predicted octanol–water partition coefficient (Wildman–Crippen LogP) is 6.60. The molecule has 0 atom stereocenters. The first kappa shape index (κ1) is 23.0. The molecule has 3 heterocycles. The van der Waals surface area contributed by atoms with Gasteiger partial charge in [-0.2, -0.15) is 0 Å². The van der Waals surface area contributed by atoms with E-state index in [-0.39, 0.29) is 5.91 Å². The molecule has 0 saturated carbocycles. The first-order chi connectivity index (χ1) is 17.2. The molecule has 4 aromatic rings. The van der Waals surface area contributed by atoms with Gasteiger partial charge >= 0.3 is 0 Å². The Labute approximate surface area is 207 Å². The molecule has 1 aliphatic heterocycles. The molecule has 178 valence electrons. The fraction of sp³-hybridized carbons (Fsp3) is 0.300. The molecule has 2 aromatic carbocycles. The van der Waals surface area contributed by atoms with Crippen molar-refractivity contribution in [2.75, 3.05) is 6.54 Å². The van der Waals surface area contributed by atoms with Crippen LogP contribution in [-0.2, 0) is 12.8 Å². The number of rotatable bonds is 9. The normalized spacial score (nSPS) is 12.9. The van der Waals surface area contributed by atoms with Gasteiger partial charge in [0, 0.05) is 30.4 Å². The lowest BCUT2D eigenvalue weighted by Gasteiger charge is -2.10. The van der Waals surface area contributed by atoms with Gasteiger partial charge in [-0.15, -0.1) is 0 Å². The number of nitrogens with one attached hydrogen (secondary N) is 2. The van der Waals surface area contributed by atoms with Crippen LogP contribution in [0.15, 0.2) is 66.9 Å². The first-order valence-corrected chi connectivity index (χ1v) is 12.7. The Hall–Kier alpha value is -3.73. The molecule has 2 N–H and O–H groups in total. The Bertz CT molecular complexity index is 1290. The van der Waals surface area contributed by atoms with Gasteiger partial charge in [0.1, 0.15) is 0 Å². The number of hydrogen-bond acceptors (Lipinski definition) is 3. The van der Waals surface area contributed by atoms with Crippen LogP contribution in [0.4, 0.5) is 0 Å². The predicted molar refractivity (Wildman–Crippen MR) is 141 cm³/mol. The lowest BCUT2D eigenvalue weighted by molar-refractivity contribution is 0.0946. The standard InChI is InChI=1S/C30H32N4O/c1-2-3-4-5-6-7-21-8-10-22(11-9-21)23-12-14-24(15-13-23)29-31-18-17-27(34-29)28-20-25-26(33-28)16-19-32-30(25)35/h8-15,17-18,20,33H,2-7,16,19H2,1H3,(H,32,35). The maximum Gasteiger partial charge on any atom is 0.253 e. The number of hydrogen-bond donors (Lipinski definition) is 2. The van der Waals surface area contributed by atoms with E-state index in [1.807, 2.05) is 12.1 Å². The van der Waals surface area contributed by atoms with Crippen molar-refractivity contribution in [1.82, 2.24) is 20.3 Å². The maximum atomic E-state index is 12.1. The zero-order valence-corrected chi connectivity index (χ0v) is 20.3. The maximum absolute atomic E-state index is 12.1. The van der Waals surface area contributed by atoms with Gasteiger partial charge in [0.15, 0.2) is 5.82 Å². The van der Waals surface area contributed by atoms with Gasteiger partial charge in [-0.3, -0.25) is 4.79 Å². The number of benzene rings is 2. The molecular formula is C30H32N4O. The average molecular weight is 465 g/mol. The lowest BCUT2D eigenvalue weighted by Crippen LogP contribution is -2.31. The fourth-order valence-corrected chi connectivity index (χ4v) is 4.69. The number of amides is 1. The van der Waals surface area contributed by atoms with Crippen LogP contribution < -0.4 is 5.32 Å². The van der Waals surface area contributed by atoms with E-state index in [9.17, 15) is 4.79 Å². The topological polar surface area (TPSA) is 70.7 Å². The van der Waals surface area contributed by atoms with Crippen LogP contribution in [-0.4, -0.2) is 27.4 Å². The molecular weight excluding hydrogens is 432 g/mol. The van der Waals surface area contributed by atoms with Crippen molar-refractivity contribution in [3.63, 3.8) is 0 Å². The Balaban J connectivity index is 1.28. The average Bonchev–Trinajstić information content (AvgIpc) is 3.35. The molecule has 0 radical (unpaired) electrons. The fourth-order valence-electron chi connectivity index (χ4n) is 4.69. The SMILES string of the molecule is CCCCCCCc1ccc(-c2ccc(-c3nccc(-c4cc5c([nH]4)CCNC5=O)n3)cc2)cc1. The van der Waals surface area contributed by atoms with E-state index in [1.54, 1.807) is 6.20 Å². The Kier molecular flexibility index (Phi) is 7.03. The summed E-state index contributed by atoms with van der Waals surface area (Å²) in [6.45, 7) is 2.92. The van der Waals surface area contributed by atoms with Crippen molar-refractivity contribution in [2.45, 2.75) is 51.9 Å².